The number of anilines is 2. The van der Waals surface area contributed by atoms with Gasteiger partial charge in [-0.25, -0.2) is 8.42 Å². The van der Waals surface area contributed by atoms with Crippen molar-refractivity contribution in [2.24, 2.45) is 0 Å². The molecule has 150 valence electrons. The van der Waals surface area contributed by atoms with E-state index in [1.54, 1.807) is 24.3 Å². The number of nitrogens with one attached hydrogen (secondary N) is 1. The molecule has 1 atom stereocenters. The normalized spacial score (nSPS) is 16.6. The SMILES string of the molecule is CCCCc1ccc(NC(=O)[C@H]2CCN(S(C)(=O)=O)c3ccccc3O2)cc1. The Hall–Kier alpha value is -2.54. The van der Waals surface area contributed by atoms with Crippen LogP contribution in [0.5, 0.6) is 5.75 Å². The Morgan fingerprint density at radius 3 is 2.57 bits per heavy atom. The second-order valence-corrected chi connectivity index (χ2v) is 8.89. The second kappa shape index (κ2) is 8.65. The number of nitrogens with zero attached hydrogens (tertiary/aromatic N) is 1. The molecule has 1 heterocycles. The Morgan fingerprint density at radius 1 is 1.18 bits per heavy atom. The zero-order valence-electron chi connectivity index (χ0n) is 16.2. The van der Waals surface area contributed by atoms with Gasteiger partial charge in [0.2, 0.25) is 10.0 Å². The third-order valence-electron chi connectivity index (χ3n) is 4.73. The molecule has 0 aliphatic carbocycles. The van der Waals surface area contributed by atoms with E-state index < -0.39 is 16.1 Å². The number of carbonyl (C=O) groups excluding carboxylic acids is 1. The molecule has 6 nitrogen and oxygen atoms in total. The highest BCUT2D eigenvalue weighted by Crippen LogP contribution is 2.34. The standard InChI is InChI=1S/C21H26N2O4S/c1-3-4-7-16-10-12-17(13-11-16)22-21(24)20-14-15-23(28(2,25)26)18-8-5-6-9-19(18)27-20/h5-6,8-13,20H,3-4,7,14-15H2,1-2H3,(H,22,24)/t20-/m1/s1. The predicted molar refractivity (Wildman–Crippen MR) is 111 cm³/mol. The maximum absolute atomic E-state index is 12.7. The van der Waals surface area contributed by atoms with Crippen LogP contribution >= 0.6 is 0 Å². The minimum atomic E-state index is -3.46. The monoisotopic (exact) mass is 402 g/mol. The molecule has 0 fully saturated rings. The highest BCUT2D eigenvalue weighted by Gasteiger charge is 2.31. The topological polar surface area (TPSA) is 75.7 Å². The van der Waals surface area contributed by atoms with Gasteiger partial charge < -0.3 is 10.1 Å². The third kappa shape index (κ3) is 4.84. The average molecular weight is 403 g/mol. The van der Waals surface area contributed by atoms with Gasteiger partial charge in [0, 0.05) is 18.7 Å². The summed E-state index contributed by atoms with van der Waals surface area (Å²) in [5, 5.41) is 2.88. The van der Waals surface area contributed by atoms with Crippen LogP contribution in [0.1, 0.15) is 31.7 Å². The number of hydrogen-bond donors (Lipinski definition) is 1. The number of hydrogen-bond acceptors (Lipinski definition) is 4. The Bertz CT molecular complexity index is 926. The summed E-state index contributed by atoms with van der Waals surface area (Å²) >= 11 is 0. The highest BCUT2D eigenvalue weighted by molar-refractivity contribution is 7.92. The first kappa shape index (κ1) is 20.2. The van der Waals surface area contributed by atoms with Crippen molar-refractivity contribution >= 4 is 27.3 Å². The average Bonchev–Trinajstić information content (AvgIpc) is 2.87. The van der Waals surface area contributed by atoms with E-state index in [1.165, 1.54) is 9.87 Å². The first-order valence-corrected chi connectivity index (χ1v) is 11.4. The minimum Gasteiger partial charge on any atom is -0.478 e. The van der Waals surface area contributed by atoms with Crippen LogP contribution in [0.25, 0.3) is 0 Å². The fourth-order valence-electron chi connectivity index (χ4n) is 3.22. The van der Waals surface area contributed by atoms with Gasteiger partial charge in [-0.2, -0.15) is 0 Å². The van der Waals surface area contributed by atoms with E-state index >= 15 is 0 Å². The van der Waals surface area contributed by atoms with Gasteiger partial charge in [0.05, 0.1) is 11.9 Å². The largest absolute Gasteiger partial charge is 0.478 e. The molecular formula is C21H26N2O4S. The van der Waals surface area contributed by atoms with Crippen LogP contribution in [0.15, 0.2) is 48.5 Å². The van der Waals surface area contributed by atoms with E-state index in [0.717, 1.165) is 25.5 Å². The van der Waals surface area contributed by atoms with Crippen molar-refractivity contribution in [2.45, 2.75) is 38.7 Å². The second-order valence-electron chi connectivity index (χ2n) is 6.99. The van der Waals surface area contributed by atoms with E-state index in [2.05, 4.69) is 12.2 Å². The van der Waals surface area contributed by atoms with Gasteiger partial charge in [-0.15, -0.1) is 0 Å². The van der Waals surface area contributed by atoms with E-state index in [4.69, 9.17) is 4.74 Å². The molecule has 0 aromatic heterocycles. The maximum atomic E-state index is 12.7. The molecule has 1 N–H and O–H groups in total. The van der Waals surface area contributed by atoms with Crippen molar-refractivity contribution in [3.8, 4) is 5.75 Å². The minimum absolute atomic E-state index is 0.184. The number of unbranched alkanes of at least 4 members (excludes halogenated alkanes) is 1. The summed E-state index contributed by atoms with van der Waals surface area (Å²) in [6.45, 7) is 2.34. The predicted octanol–water partition coefficient (Wildman–Crippen LogP) is 3.59. The lowest BCUT2D eigenvalue weighted by molar-refractivity contribution is -0.122. The van der Waals surface area contributed by atoms with Crippen LogP contribution in [0, 0.1) is 0 Å². The molecule has 0 spiro atoms. The lowest BCUT2D eigenvalue weighted by Crippen LogP contribution is -2.35. The number of rotatable bonds is 6. The Labute approximate surface area is 166 Å². The number of aryl methyl sites for hydroxylation is 1. The zero-order chi connectivity index (χ0) is 20.1. The number of sulfonamides is 1. The van der Waals surface area contributed by atoms with Gasteiger partial charge in [-0.3, -0.25) is 9.10 Å². The van der Waals surface area contributed by atoms with E-state index in [-0.39, 0.29) is 18.9 Å². The molecule has 0 unspecified atom stereocenters. The molecule has 1 aliphatic rings. The van der Waals surface area contributed by atoms with Crippen molar-refractivity contribution in [1.82, 2.24) is 0 Å². The molecular weight excluding hydrogens is 376 g/mol. The Kier molecular flexibility index (Phi) is 6.24. The fraction of sp³-hybridized carbons (Fsp3) is 0.381. The molecule has 0 saturated carbocycles. The number of benzene rings is 2. The van der Waals surface area contributed by atoms with Gasteiger partial charge >= 0.3 is 0 Å². The lowest BCUT2D eigenvalue weighted by atomic mass is 10.1. The molecule has 1 aliphatic heterocycles. The molecule has 2 aromatic rings. The molecule has 3 rings (SSSR count). The summed E-state index contributed by atoms with van der Waals surface area (Å²) in [6, 6.07) is 14.7. The van der Waals surface area contributed by atoms with Crippen LogP contribution in [0.2, 0.25) is 0 Å². The number of amides is 1. The molecule has 2 aromatic carbocycles. The van der Waals surface area contributed by atoms with Crippen LogP contribution < -0.4 is 14.4 Å². The van der Waals surface area contributed by atoms with Crippen LogP contribution in [0.4, 0.5) is 11.4 Å². The van der Waals surface area contributed by atoms with E-state index in [0.29, 0.717) is 17.1 Å². The van der Waals surface area contributed by atoms with Gasteiger partial charge in [-0.05, 0) is 42.7 Å². The number of carbonyl (C=O) groups is 1. The molecule has 1 amide bonds. The number of para-hydroxylation sites is 2. The molecule has 0 saturated heterocycles. The first-order chi connectivity index (χ1) is 13.4. The van der Waals surface area contributed by atoms with Crippen molar-refractivity contribution < 1.29 is 17.9 Å². The summed E-state index contributed by atoms with van der Waals surface area (Å²) in [4.78, 5) is 12.7. The Balaban J connectivity index is 1.73. The molecule has 0 radical (unpaired) electrons. The van der Waals surface area contributed by atoms with Gasteiger partial charge in [0.1, 0.15) is 5.75 Å². The van der Waals surface area contributed by atoms with E-state index in [1.807, 2.05) is 24.3 Å². The Morgan fingerprint density at radius 2 is 1.89 bits per heavy atom. The summed E-state index contributed by atoms with van der Waals surface area (Å²) in [5.74, 6) is 0.104. The summed E-state index contributed by atoms with van der Waals surface area (Å²) in [6.07, 6.45) is 3.95. The van der Waals surface area contributed by atoms with Gasteiger partial charge in [0.25, 0.3) is 5.91 Å². The summed E-state index contributed by atoms with van der Waals surface area (Å²) in [5.41, 5.74) is 2.40. The smallest absolute Gasteiger partial charge is 0.265 e. The van der Waals surface area contributed by atoms with Crippen LogP contribution in [-0.4, -0.2) is 33.2 Å². The third-order valence-corrected chi connectivity index (χ3v) is 5.91. The van der Waals surface area contributed by atoms with Crippen molar-refractivity contribution in [3.63, 3.8) is 0 Å². The maximum Gasteiger partial charge on any atom is 0.265 e. The van der Waals surface area contributed by atoms with Crippen LogP contribution in [0.3, 0.4) is 0 Å². The summed E-state index contributed by atoms with van der Waals surface area (Å²) < 4.78 is 31.5. The van der Waals surface area contributed by atoms with Crippen molar-refractivity contribution in [1.29, 1.82) is 0 Å². The fourth-order valence-corrected chi connectivity index (χ4v) is 4.16. The molecule has 0 bridgehead atoms. The van der Waals surface area contributed by atoms with Crippen LogP contribution in [-0.2, 0) is 21.2 Å². The quantitative estimate of drug-likeness (QED) is 0.801. The highest BCUT2D eigenvalue weighted by atomic mass is 32.2. The zero-order valence-corrected chi connectivity index (χ0v) is 17.0. The first-order valence-electron chi connectivity index (χ1n) is 9.51. The summed E-state index contributed by atoms with van der Waals surface area (Å²) in [7, 11) is -3.46. The van der Waals surface area contributed by atoms with Crippen molar-refractivity contribution in [3.05, 3.63) is 54.1 Å². The number of fused-ring (bicyclic) bond motifs is 1. The van der Waals surface area contributed by atoms with Crippen molar-refractivity contribution in [2.75, 3.05) is 22.4 Å². The van der Waals surface area contributed by atoms with E-state index in [9.17, 15) is 13.2 Å². The molecule has 7 heteroatoms. The van der Waals surface area contributed by atoms with Gasteiger partial charge in [-0.1, -0.05) is 37.6 Å². The molecule has 28 heavy (non-hydrogen) atoms. The van der Waals surface area contributed by atoms with Gasteiger partial charge in [0.15, 0.2) is 6.10 Å². The lowest BCUT2D eigenvalue weighted by Gasteiger charge is -2.20. The number of ether oxygens (including phenoxy) is 1.